The van der Waals surface area contributed by atoms with Crippen LogP contribution < -0.4 is 5.32 Å². The molecule has 2 fully saturated rings. The predicted octanol–water partition coefficient (Wildman–Crippen LogP) is 2.31. The Morgan fingerprint density at radius 3 is 2.75 bits per heavy atom. The van der Waals surface area contributed by atoms with Gasteiger partial charge in [-0.3, -0.25) is 0 Å². The SMILES string of the molecule is OC1CCCC1Nc1ncnc2c1ccn2[C@@H]1O[C@H](CSc2ccccc2F)[C@@H](O)[C@H]1O. The summed E-state index contributed by atoms with van der Waals surface area (Å²) in [5, 5.41) is 35.4. The second-order valence-corrected chi connectivity index (χ2v) is 9.28. The molecule has 2 aliphatic rings. The number of hydrogen-bond acceptors (Lipinski definition) is 8. The number of nitrogens with one attached hydrogen (secondary N) is 1. The Balaban J connectivity index is 1.34. The summed E-state index contributed by atoms with van der Waals surface area (Å²) in [4.78, 5) is 9.14. The maximum atomic E-state index is 13.9. The van der Waals surface area contributed by atoms with Crippen molar-refractivity contribution >= 4 is 28.6 Å². The highest BCUT2D eigenvalue weighted by atomic mass is 32.2. The number of aliphatic hydroxyl groups is 3. The average Bonchev–Trinajstić information content (AvgIpc) is 3.47. The van der Waals surface area contributed by atoms with Gasteiger partial charge in [0.1, 0.15) is 35.8 Å². The molecule has 170 valence electrons. The Morgan fingerprint density at radius 2 is 1.97 bits per heavy atom. The maximum absolute atomic E-state index is 13.9. The number of anilines is 1. The molecule has 3 heterocycles. The molecule has 8 nitrogen and oxygen atoms in total. The number of hydrogen-bond donors (Lipinski definition) is 4. The standard InChI is InChI=1S/C22H25FN4O4S/c23-13-4-1-2-7-17(13)32-10-16-18(29)19(30)22(31-16)27-9-8-12-20(24-11-25-21(12)27)26-14-5-3-6-15(14)28/h1-2,4,7-9,11,14-16,18-19,22,28-30H,3,5-6,10H2,(H,24,25,26)/t14?,15?,16-,18-,19-,22-/m1/s1. The summed E-state index contributed by atoms with van der Waals surface area (Å²) in [6.45, 7) is 0. The highest BCUT2D eigenvalue weighted by molar-refractivity contribution is 7.99. The van der Waals surface area contributed by atoms with Gasteiger partial charge in [0.2, 0.25) is 0 Å². The molecule has 0 radical (unpaired) electrons. The van der Waals surface area contributed by atoms with E-state index in [1.807, 2.05) is 6.07 Å². The van der Waals surface area contributed by atoms with E-state index in [1.54, 1.807) is 29.0 Å². The van der Waals surface area contributed by atoms with Gasteiger partial charge in [0.15, 0.2) is 6.23 Å². The molecule has 3 aromatic rings. The Kier molecular flexibility index (Phi) is 6.04. The van der Waals surface area contributed by atoms with Gasteiger partial charge in [-0.25, -0.2) is 14.4 Å². The summed E-state index contributed by atoms with van der Waals surface area (Å²) in [7, 11) is 0. The quantitative estimate of drug-likeness (QED) is 0.415. The van der Waals surface area contributed by atoms with E-state index < -0.39 is 30.6 Å². The fourth-order valence-electron chi connectivity index (χ4n) is 4.41. The van der Waals surface area contributed by atoms with E-state index in [0.29, 0.717) is 16.4 Å². The van der Waals surface area contributed by atoms with Crippen LogP contribution in [-0.2, 0) is 4.74 Å². The number of benzene rings is 1. The highest BCUT2D eigenvalue weighted by Gasteiger charge is 2.44. The van der Waals surface area contributed by atoms with Crippen LogP contribution >= 0.6 is 11.8 Å². The summed E-state index contributed by atoms with van der Waals surface area (Å²) in [5.74, 6) is 0.568. The zero-order valence-electron chi connectivity index (χ0n) is 17.2. The van der Waals surface area contributed by atoms with E-state index in [-0.39, 0.29) is 17.6 Å². The first kappa shape index (κ1) is 21.6. The first-order chi connectivity index (χ1) is 15.5. The van der Waals surface area contributed by atoms with Gasteiger partial charge in [-0.15, -0.1) is 11.8 Å². The summed E-state index contributed by atoms with van der Waals surface area (Å²) in [6.07, 6.45) is 1.53. The van der Waals surface area contributed by atoms with Gasteiger partial charge in [-0.2, -0.15) is 0 Å². The van der Waals surface area contributed by atoms with Crippen LogP contribution in [0.4, 0.5) is 10.2 Å². The van der Waals surface area contributed by atoms with Crippen molar-refractivity contribution in [2.75, 3.05) is 11.1 Å². The Hall–Kier alpha value is -2.24. The largest absolute Gasteiger partial charge is 0.391 e. The Bertz CT molecular complexity index is 1100. The number of aliphatic hydroxyl groups excluding tert-OH is 3. The number of ether oxygens (including phenoxy) is 1. The van der Waals surface area contributed by atoms with Gasteiger partial charge in [-0.1, -0.05) is 12.1 Å². The minimum absolute atomic E-state index is 0.0635. The van der Waals surface area contributed by atoms with Crippen molar-refractivity contribution in [1.29, 1.82) is 0 Å². The van der Waals surface area contributed by atoms with E-state index in [9.17, 15) is 19.7 Å². The Labute approximate surface area is 188 Å². The van der Waals surface area contributed by atoms with Crippen molar-refractivity contribution in [3.05, 3.63) is 48.7 Å². The lowest BCUT2D eigenvalue weighted by molar-refractivity contribution is -0.0285. The minimum Gasteiger partial charge on any atom is -0.391 e. The Morgan fingerprint density at radius 1 is 1.12 bits per heavy atom. The molecule has 0 spiro atoms. The molecule has 32 heavy (non-hydrogen) atoms. The number of nitrogens with zero attached hydrogens (tertiary/aromatic N) is 3. The number of fused-ring (bicyclic) bond motifs is 1. The van der Waals surface area contributed by atoms with Crippen LogP contribution in [0.5, 0.6) is 0 Å². The molecule has 5 rings (SSSR count). The first-order valence-electron chi connectivity index (χ1n) is 10.7. The second-order valence-electron chi connectivity index (χ2n) is 8.22. The number of rotatable bonds is 6. The summed E-state index contributed by atoms with van der Waals surface area (Å²) in [6, 6.07) is 8.18. The molecular formula is C22H25FN4O4S. The van der Waals surface area contributed by atoms with Crippen LogP contribution in [0.3, 0.4) is 0 Å². The molecule has 10 heteroatoms. The lowest BCUT2D eigenvalue weighted by atomic mass is 10.1. The van der Waals surface area contributed by atoms with Gasteiger partial charge < -0.3 is 29.9 Å². The fraction of sp³-hybridized carbons (Fsp3) is 0.455. The topological polar surface area (TPSA) is 113 Å². The normalized spacial score (nSPS) is 30.2. The van der Waals surface area contributed by atoms with Crippen LogP contribution in [0.15, 0.2) is 47.8 Å². The molecule has 1 saturated carbocycles. The van der Waals surface area contributed by atoms with Crippen molar-refractivity contribution in [3.8, 4) is 0 Å². The maximum Gasteiger partial charge on any atom is 0.164 e. The lowest BCUT2D eigenvalue weighted by Crippen LogP contribution is -2.32. The molecule has 1 aromatic carbocycles. The predicted molar refractivity (Wildman–Crippen MR) is 118 cm³/mol. The van der Waals surface area contributed by atoms with Crippen LogP contribution in [0.1, 0.15) is 25.5 Å². The molecule has 6 atom stereocenters. The molecular weight excluding hydrogens is 435 g/mol. The third kappa shape index (κ3) is 3.97. The molecule has 4 N–H and O–H groups in total. The molecule has 1 aliphatic heterocycles. The van der Waals surface area contributed by atoms with Gasteiger partial charge in [-0.05, 0) is 37.5 Å². The van der Waals surface area contributed by atoms with E-state index >= 15 is 0 Å². The van der Waals surface area contributed by atoms with Crippen LogP contribution in [-0.4, -0.2) is 66.1 Å². The van der Waals surface area contributed by atoms with Crippen molar-refractivity contribution in [1.82, 2.24) is 14.5 Å². The highest BCUT2D eigenvalue weighted by Crippen LogP contribution is 2.36. The van der Waals surface area contributed by atoms with Crippen LogP contribution in [0.2, 0.25) is 0 Å². The number of halogens is 1. The monoisotopic (exact) mass is 460 g/mol. The summed E-state index contributed by atoms with van der Waals surface area (Å²) in [5.41, 5.74) is 0.550. The second kappa shape index (κ2) is 8.95. The van der Waals surface area contributed by atoms with Crippen LogP contribution in [0, 0.1) is 5.82 Å². The molecule has 2 aromatic heterocycles. The van der Waals surface area contributed by atoms with Crippen molar-refractivity contribution in [3.63, 3.8) is 0 Å². The van der Waals surface area contributed by atoms with Crippen molar-refractivity contribution in [2.24, 2.45) is 0 Å². The number of aromatic nitrogens is 3. The van der Waals surface area contributed by atoms with Crippen molar-refractivity contribution < 1.29 is 24.4 Å². The molecule has 1 saturated heterocycles. The van der Waals surface area contributed by atoms with Gasteiger partial charge in [0, 0.05) is 16.8 Å². The molecule has 0 amide bonds. The minimum atomic E-state index is -1.17. The zero-order valence-corrected chi connectivity index (χ0v) is 18.0. The van der Waals surface area contributed by atoms with Gasteiger partial charge >= 0.3 is 0 Å². The van der Waals surface area contributed by atoms with Gasteiger partial charge in [0.25, 0.3) is 0 Å². The number of thioether (sulfide) groups is 1. The summed E-state index contributed by atoms with van der Waals surface area (Å²) < 4.78 is 21.6. The average molecular weight is 461 g/mol. The van der Waals surface area contributed by atoms with E-state index in [0.717, 1.165) is 24.6 Å². The fourth-order valence-corrected chi connectivity index (χ4v) is 5.41. The smallest absolute Gasteiger partial charge is 0.164 e. The van der Waals surface area contributed by atoms with Gasteiger partial charge in [0.05, 0.1) is 23.6 Å². The van der Waals surface area contributed by atoms with E-state index in [4.69, 9.17) is 4.74 Å². The van der Waals surface area contributed by atoms with E-state index in [2.05, 4.69) is 15.3 Å². The third-order valence-electron chi connectivity index (χ3n) is 6.16. The molecule has 1 aliphatic carbocycles. The first-order valence-corrected chi connectivity index (χ1v) is 11.7. The third-order valence-corrected chi connectivity index (χ3v) is 7.30. The zero-order chi connectivity index (χ0) is 22.2. The van der Waals surface area contributed by atoms with Crippen molar-refractivity contribution in [2.45, 2.75) is 60.8 Å². The van der Waals surface area contributed by atoms with Crippen LogP contribution in [0.25, 0.3) is 11.0 Å². The van der Waals surface area contributed by atoms with E-state index in [1.165, 1.54) is 24.2 Å². The lowest BCUT2D eigenvalue weighted by Gasteiger charge is -2.19. The molecule has 0 bridgehead atoms. The molecule has 2 unspecified atom stereocenters. The summed E-state index contributed by atoms with van der Waals surface area (Å²) >= 11 is 1.23.